The Morgan fingerprint density at radius 1 is 0.240 bits per heavy atom. The van der Waals surface area contributed by atoms with Crippen LogP contribution in [0.1, 0.15) is 5.56 Å². The van der Waals surface area contributed by atoms with Crippen LogP contribution in [-0.4, -0.2) is 52.1 Å². The summed E-state index contributed by atoms with van der Waals surface area (Å²) >= 11 is 0.301. The molecule has 0 radical (unpaired) electrons. The average Bonchev–Trinajstić information content (AvgIpc) is 1.57. The number of fused-ring (bicyclic) bond motifs is 22. The number of hydrogen-bond acceptors (Lipinski definition) is 8. The summed E-state index contributed by atoms with van der Waals surface area (Å²) in [7, 11) is 0. The van der Waals surface area contributed by atoms with Gasteiger partial charge in [0.15, 0.2) is 5.82 Å². The van der Waals surface area contributed by atoms with E-state index in [1.54, 1.807) is 25.1 Å². The molecule has 0 saturated carbocycles. The smallest absolute Gasteiger partial charge is 0.135 e. The van der Waals surface area contributed by atoms with Crippen molar-refractivity contribution >= 4 is 198 Å². The minimum atomic E-state index is 0.301. The fourth-order valence-electron chi connectivity index (χ4n) is 18.9. The summed E-state index contributed by atoms with van der Waals surface area (Å²) in [5, 5.41) is 29.0. The van der Waals surface area contributed by atoms with Crippen LogP contribution in [0.5, 0.6) is 0 Å². The fraction of sp³-hybridized carbons (Fsp3) is 0. The van der Waals surface area contributed by atoms with E-state index in [1.165, 1.54) is 101 Å². The Balaban J connectivity index is 0.0000000914. The average molecular weight is 1670 g/mol. The monoisotopic (exact) mass is 1670 g/mol. The van der Waals surface area contributed by atoms with Gasteiger partial charge in [-0.15, -0.1) is 10.2 Å². The summed E-state index contributed by atoms with van der Waals surface area (Å²) in [4.78, 5) is 0. The minimum Gasteiger partial charge on any atom is -0.464 e. The van der Waals surface area contributed by atoms with Gasteiger partial charge in [0.1, 0.15) is 22.6 Å². The molecule has 14 nitrogen and oxygen atoms in total. The van der Waals surface area contributed by atoms with E-state index in [0.29, 0.717) is 14.5 Å². The largest absolute Gasteiger partial charge is 0.464 e. The first-order valence-electron chi connectivity index (χ1n) is 41.7. The van der Waals surface area contributed by atoms with Crippen LogP contribution in [0.15, 0.2) is 431 Å². The number of nitrogens with one attached hydrogen (secondary N) is 2. The van der Waals surface area contributed by atoms with Gasteiger partial charge in [0, 0.05) is 94.4 Å². The zero-order chi connectivity index (χ0) is 82.2. The number of allylic oxidation sites excluding steroid dienone is 2. The second kappa shape index (κ2) is 29.1. The zero-order valence-electron chi connectivity index (χ0n) is 66.9. The zero-order valence-corrected chi connectivity index (χ0v) is 68.6. The van der Waals surface area contributed by atoms with Crippen LogP contribution < -0.4 is 10.9 Å². The van der Waals surface area contributed by atoms with Crippen molar-refractivity contribution in [3.8, 4) is 40.1 Å². The molecule has 12 heterocycles. The van der Waals surface area contributed by atoms with Crippen LogP contribution in [0.2, 0.25) is 0 Å². The van der Waals surface area contributed by atoms with Gasteiger partial charge < -0.3 is 22.4 Å². The molecule has 16 aromatic carbocycles. The van der Waals surface area contributed by atoms with Crippen molar-refractivity contribution in [2.45, 2.75) is 0 Å². The molecular formula is C110H70N10O4Se. The molecule has 0 bridgehead atoms. The molecule has 0 aliphatic carbocycles. The van der Waals surface area contributed by atoms with Crippen molar-refractivity contribution < 1.29 is 17.7 Å². The van der Waals surface area contributed by atoms with Crippen LogP contribution in [0.3, 0.4) is 0 Å². The summed E-state index contributed by atoms with van der Waals surface area (Å²) < 4.78 is 39.5. The van der Waals surface area contributed by atoms with Gasteiger partial charge in [-0.1, -0.05) is 170 Å². The molecule has 27 aromatic rings. The molecule has 0 fully saturated rings. The molecule has 2 N–H and O–H groups in total. The number of hydrazine groups is 1. The Morgan fingerprint density at radius 3 is 1.07 bits per heavy atom. The quantitative estimate of drug-likeness (QED) is 0.144. The molecule has 1 aliphatic rings. The number of para-hydroxylation sites is 7. The van der Waals surface area contributed by atoms with Gasteiger partial charge in [-0.25, -0.2) is 0 Å². The molecule has 28 rings (SSSR count). The molecule has 0 spiro atoms. The normalized spacial score (nSPS) is 12.4. The van der Waals surface area contributed by atoms with Gasteiger partial charge >= 0.3 is 172 Å². The molecular weight excluding hydrogens is 1600 g/mol. The van der Waals surface area contributed by atoms with Crippen LogP contribution in [0.25, 0.3) is 224 Å². The first kappa shape index (κ1) is 71.3. The number of furan rings is 4. The van der Waals surface area contributed by atoms with Crippen molar-refractivity contribution in [3.63, 3.8) is 0 Å². The van der Waals surface area contributed by atoms with E-state index in [2.05, 4.69) is 353 Å². The second-order valence-corrected chi connectivity index (χ2v) is 33.7. The predicted molar refractivity (Wildman–Crippen MR) is 512 cm³/mol. The molecule has 1 aliphatic heterocycles. The Labute approximate surface area is 718 Å². The second-order valence-electron chi connectivity index (χ2n) is 31.5. The van der Waals surface area contributed by atoms with E-state index >= 15 is 0 Å². The number of aromatic nitrogens is 8. The number of benzene rings is 16. The van der Waals surface area contributed by atoms with Gasteiger partial charge in [0.2, 0.25) is 5.95 Å². The van der Waals surface area contributed by atoms with Crippen molar-refractivity contribution in [1.82, 2.24) is 48.5 Å². The molecule has 15 heteroatoms. The third-order valence-electron chi connectivity index (χ3n) is 24.5. The van der Waals surface area contributed by atoms with Crippen LogP contribution in [0, 0.1) is 0 Å². The molecule has 590 valence electrons. The van der Waals surface area contributed by atoms with Crippen molar-refractivity contribution in [2.24, 2.45) is 0 Å². The van der Waals surface area contributed by atoms with E-state index < -0.39 is 0 Å². The van der Waals surface area contributed by atoms with E-state index in [4.69, 9.17) is 22.8 Å². The first-order valence-corrected chi connectivity index (χ1v) is 43.4. The van der Waals surface area contributed by atoms with Crippen LogP contribution in [-0.2, 0) is 0 Å². The number of hydrogen-bond donors (Lipinski definition) is 2. The summed E-state index contributed by atoms with van der Waals surface area (Å²) in [6.07, 6.45) is 11.2. The summed E-state index contributed by atoms with van der Waals surface area (Å²) in [5.41, 5.74) is 29.7. The molecule has 125 heavy (non-hydrogen) atoms. The summed E-state index contributed by atoms with van der Waals surface area (Å²) in [6.45, 7) is 0. The van der Waals surface area contributed by atoms with Gasteiger partial charge in [0.25, 0.3) is 0 Å². The van der Waals surface area contributed by atoms with Crippen molar-refractivity contribution in [2.75, 3.05) is 0 Å². The fourth-order valence-corrected chi connectivity index (χ4v) is 21.4. The van der Waals surface area contributed by atoms with Gasteiger partial charge in [-0.05, 0) is 121 Å². The van der Waals surface area contributed by atoms with E-state index in [-0.39, 0.29) is 0 Å². The Bertz CT molecular complexity index is 8960. The molecule has 11 aromatic heterocycles. The Morgan fingerprint density at radius 2 is 0.600 bits per heavy atom. The third kappa shape index (κ3) is 11.7. The topological polar surface area (TPSA) is 132 Å². The summed E-state index contributed by atoms with van der Waals surface area (Å²) in [6, 6.07) is 132. The van der Waals surface area contributed by atoms with Crippen molar-refractivity contribution in [1.29, 1.82) is 0 Å². The van der Waals surface area contributed by atoms with E-state index in [9.17, 15) is 0 Å². The summed E-state index contributed by atoms with van der Waals surface area (Å²) in [5.74, 6) is 2.50. The SMILES string of the molecule is C1=C(c2ccccc2)NNC(n2c3ccccc3c3cc4ccoc4cc32)=C1.c1ccc(-c2nnc(-n3c4ccccc4c4cc5ccoc5cc43)n2-c2ccccc2)cc1.c1ccc2c(c1)[se]c1c(-n3c4ccccc4c4cc5ccoc5cc43)cccc12.c1ccc2c(c1)c1ccccc1n2-c1ccc(-n2c3ccccc3c3cc4ccoc4cc32)cc1. The van der Waals surface area contributed by atoms with E-state index in [0.717, 1.165) is 128 Å². The van der Waals surface area contributed by atoms with Crippen molar-refractivity contribution in [3.05, 3.63) is 419 Å². The number of nitrogens with zero attached hydrogens (tertiary/aromatic N) is 8. The molecule has 0 atom stereocenters. The standard InChI is InChI=1S/C32H20N2O.C28H18N4O.C26H15NOSe.C24H17N3O/c1-4-10-28-24(7-1)25-8-2-5-11-29(25)33(28)22-13-15-23(16-14-22)34-30-12-6-3-9-26(30)27-19-21-17-18-35-32(21)20-31(27)34;1-3-9-19(10-4-1)27-29-30-28(31(27)21-11-5-2-6-12-21)32-24-14-8-7-13-22(24)23-17-20-15-16-33-26(20)18-25(23)32;1-3-9-21-17(6-1)20-14-16-12-13-28-24(16)15-23(20)27(21)22-10-5-8-19-18-7-2-4-11-25(18)29-26(19)22;1-2-6-16(7-3-1)20-10-11-24(26-25-20)27-21-9-5-4-8-18(21)19-14-17-12-13-28-23(17)15-22(19)27/h1-20H;1-18H;1-15H;1-15,25-26H. The molecule has 0 saturated heterocycles. The number of rotatable bonds is 8. The maximum Gasteiger partial charge on any atom is 0.135 e. The molecule has 0 amide bonds. The predicted octanol–water partition coefficient (Wildman–Crippen LogP) is 27.8. The molecule has 0 unspecified atom stereocenters. The van der Waals surface area contributed by atoms with Crippen LogP contribution >= 0.6 is 0 Å². The Kier molecular flexibility index (Phi) is 16.6. The maximum absolute atomic E-state index is 5.75. The van der Waals surface area contributed by atoms with Crippen LogP contribution in [0.4, 0.5) is 0 Å². The van der Waals surface area contributed by atoms with E-state index in [1.807, 2.05) is 78.9 Å². The van der Waals surface area contributed by atoms with Gasteiger partial charge in [-0.3, -0.25) is 24.6 Å². The van der Waals surface area contributed by atoms with Gasteiger partial charge in [0.05, 0.1) is 74.3 Å². The maximum atomic E-state index is 5.75. The first-order chi connectivity index (χ1) is 62.0. The van der Waals surface area contributed by atoms with Gasteiger partial charge in [-0.2, -0.15) is 0 Å². The Hall–Kier alpha value is -16.6. The third-order valence-corrected chi connectivity index (χ3v) is 27.0. The minimum absolute atomic E-state index is 0.301.